The number of benzene rings is 1. The van der Waals surface area contributed by atoms with Crippen LogP contribution in [0.5, 0.6) is 5.75 Å². The quantitative estimate of drug-likeness (QED) is 0.642. The van der Waals surface area contributed by atoms with Crippen LogP contribution in [0.25, 0.3) is 0 Å². The molecule has 20 heavy (non-hydrogen) atoms. The van der Waals surface area contributed by atoms with E-state index in [0.29, 0.717) is 12.1 Å². The fraction of sp³-hybridized carbons (Fsp3) is 0.200. The largest absolute Gasteiger partial charge is 0.495 e. The van der Waals surface area contributed by atoms with Gasteiger partial charge in [-0.05, 0) is 12.1 Å². The van der Waals surface area contributed by atoms with Crippen molar-refractivity contribution >= 4 is 35.9 Å². The number of carbonyl (C=O) groups is 1. The lowest BCUT2D eigenvalue weighted by molar-refractivity contribution is -0.137. The van der Waals surface area contributed by atoms with Gasteiger partial charge in [0.2, 0.25) is 0 Å². The molecule has 0 unspecified atom stereocenters. The molecule has 1 rings (SSSR count). The molecule has 112 valence electrons. The van der Waals surface area contributed by atoms with Gasteiger partial charge in [-0.3, -0.25) is 4.79 Å². The third kappa shape index (κ3) is 4.17. The SMILES string of the molecule is COc1cc(C(F)(F)F)cc(C(=O)N=C(N)N)c1Cl.Cl. The number of methoxy groups -OCH3 is 1. The van der Waals surface area contributed by atoms with E-state index in [-0.39, 0.29) is 23.2 Å². The number of nitrogens with two attached hydrogens (primary N) is 2. The number of hydrogen-bond donors (Lipinski definition) is 2. The Kier molecular flexibility index (Phi) is 6.11. The summed E-state index contributed by atoms with van der Waals surface area (Å²) in [6, 6.07) is 1.23. The first-order valence-corrected chi connectivity index (χ1v) is 5.13. The van der Waals surface area contributed by atoms with E-state index in [4.69, 9.17) is 23.1 Å². The highest BCUT2D eigenvalue weighted by Crippen LogP contribution is 2.37. The predicted octanol–water partition coefficient (Wildman–Crippen LogP) is 2.20. The Balaban J connectivity index is 0.00000361. The first-order valence-electron chi connectivity index (χ1n) is 4.75. The summed E-state index contributed by atoms with van der Waals surface area (Å²) in [5.74, 6) is -1.97. The minimum Gasteiger partial charge on any atom is -0.495 e. The van der Waals surface area contributed by atoms with Crippen molar-refractivity contribution in [1.82, 2.24) is 0 Å². The number of ether oxygens (including phenoxy) is 1. The molecule has 0 saturated carbocycles. The smallest absolute Gasteiger partial charge is 0.416 e. The van der Waals surface area contributed by atoms with E-state index < -0.39 is 29.2 Å². The highest BCUT2D eigenvalue weighted by atomic mass is 35.5. The first-order chi connectivity index (χ1) is 8.66. The number of nitrogens with zero attached hydrogens (tertiary/aromatic N) is 1. The van der Waals surface area contributed by atoms with Gasteiger partial charge >= 0.3 is 6.18 Å². The van der Waals surface area contributed by atoms with Crippen molar-refractivity contribution < 1.29 is 22.7 Å². The molecule has 5 nitrogen and oxygen atoms in total. The zero-order valence-electron chi connectivity index (χ0n) is 9.99. The van der Waals surface area contributed by atoms with Crippen molar-refractivity contribution in [2.24, 2.45) is 16.5 Å². The summed E-state index contributed by atoms with van der Waals surface area (Å²) in [5.41, 5.74) is 8.38. The predicted molar refractivity (Wildman–Crippen MR) is 70.4 cm³/mol. The second kappa shape index (κ2) is 6.67. The van der Waals surface area contributed by atoms with E-state index in [1.165, 1.54) is 0 Å². The molecule has 4 N–H and O–H groups in total. The number of hydrogen-bond acceptors (Lipinski definition) is 2. The summed E-state index contributed by atoms with van der Waals surface area (Å²) in [7, 11) is 1.12. The van der Waals surface area contributed by atoms with Crippen LogP contribution in [0.4, 0.5) is 13.2 Å². The van der Waals surface area contributed by atoms with E-state index >= 15 is 0 Å². The van der Waals surface area contributed by atoms with Gasteiger partial charge in [0, 0.05) is 0 Å². The molecular weight excluding hydrogens is 322 g/mol. The van der Waals surface area contributed by atoms with E-state index in [1.807, 2.05) is 0 Å². The molecule has 0 aliphatic carbocycles. The van der Waals surface area contributed by atoms with Gasteiger partial charge in [-0.15, -0.1) is 12.4 Å². The summed E-state index contributed by atoms with van der Waals surface area (Å²) >= 11 is 5.75. The van der Waals surface area contributed by atoms with Crippen LogP contribution in [0.15, 0.2) is 17.1 Å². The van der Waals surface area contributed by atoms with Crippen molar-refractivity contribution in [2.75, 3.05) is 7.11 Å². The van der Waals surface area contributed by atoms with E-state index in [0.717, 1.165) is 7.11 Å². The second-order valence-corrected chi connectivity index (χ2v) is 3.76. The fourth-order valence-electron chi connectivity index (χ4n) is 1.24. The number of aliphatic imine (C=N–C) groups is 1. The number of rotatable bonds is 2. The molecule has 0 bridgehead atoms. The Morgan fingerprint density at radius 3 is 2.30 bits per heavy atom. The van der Waals surface area contributed by atoms with Crippen molar-refractivity contribution in [3.05, 3.63) is 28.3 Å². The maximum Gasteiger partial charge on any atom is 0.416 e. The molecule has 0 heterocycles. The van der Waals surface area contributed by atoms with Crippen molar-refractivity contribution in [3.63, 3.8) is 0 Å². The molecular formula is C10H10Cl2F3N3O2. The summed E-state index contributed by atoms with van der Waals surface area (Å²) in [5, 5.41) is -0.300. The first kappa shape index (κ1) is 18.3. The molecule has 0 atom stereocenters. The van der Waals surface area contributed by atoms with E-state index in [1.54, 1.807) is 0 Å². The molecule has 0 radical (unpaired) electrons. The molecule has 0 aliphatic rings. The van der Waals surface area contributed by atoms with Crippen LogP contribution in [0, 0.1) is 0 Å². The number of amides is 1. The molecule has 0 spiro atoms. The molecule has 1 aromatic carbocycles. The lowest BCUT2D eigenvalue weighted by atomic mass is 10.1. The van der Waals surface area contributed by atoms with Gasteiger partial charge in [0.05, 0.1) is 23.3 Å². The van der Waals surface area contributed by atoms with Crippen LogP contribution in [0.2, 0.25) is 5.02 Å². The van der Waals surface area contributed by atoms with Gasteiger partial charge in [-0.25, -0.2) is 0 Å². The summed E-state index contributed by atoms with van der Waals surface area (Å²) in [4.78, 5) is 14.7. The fourth-order valence-corrected chi connectivity index (χ4v) is 1.51. The standard InChI is InChI=1S/C10H9ClF3N3O2.ClH/c1-19-6-3-4(10(12,13)14)2-5(7(6)11)8(18)17-9(15)16;/h2-3H,1H3,(H4,15,16,17,18);1H. The van der Waals surface area contributed by atoms with Crippen molar-refractivity contribution in [2.45, 2.75) is 6.18 Å². The van der Waals surface area contributed by atoms with Crippen LogP contribution < -0.4 is 16.2 Å². The summed E-state index contributed by atoms with van der Waals surface area (Å²) < 4.78 is 42.6. The van der Waals surface area contributed by atoms with Gasteiger partial charge in [0.15, 0.2) is 5.96 Å². The van der Waals surface area contributed by atoms with Crippen molar-refractivity contribution in [3.8, 4) is 5.75 Å². The number of guanidine groups is 1. The second-order valence-electron chi connectivity index (χ2n) is 3.38. The number of alkyl halides is 3. The van der Waals surface area contributed by atoms with E-state index in [2.05, 4.69) is 9.73 Å². The minimum atomic E-state index is -4.66. The van der Waals surface area contributed by atoms with Crippen LogP contribution in [0.3, 0.4) is 0 Å². The molecule has 0 fully saturated rings. The van der Waals surface area contributed by atoms with Gasteiger partial charge in [0.1, 0.15) is 5.75 Å². The average molecular weight is 332 g/mol. The Bertz CT molecular complexity index is 543. The monoisotopic (exact) mass is 331 g/mol. The molecule has 1 aromatic rings. The summed E-state index contributed by atoms with van der Waals surface area (Å²) in [6.45, 7) is 0. The Labute approximate surface area is 123 Å². The number of halogens is 5. The Morgan fingerprint density at radius 2 is 1.90 bits per heavy atom. The Hall–Kier alpha value is -1.67. The van der Waals surface area contributed by atoms with Gasteiger partial charge in [0.25, 0.3) is 5.91 Å². The van der Waals surface area contributed by atoms with Gasteiger partial charge in [-0.1, -0.05) is 11.6 Å². The molecule has 10 heteroatoms. The van der Waals surface area contributed by atoms with Crippen LogP contribution >= 0.6 is 24.0 Å². The highest BCUT2D eigenvalue weighted by Gasteiger charge is 2.33. The summed E-state index contributed by atoms with van der Waals surface area (Å²) in [6.07, 6.45) is -4.66. The maximum atomic E-state index is 12.6. The van der Waals surface area contributed by atoms with Crippen LogP contribution in [0.1, 0.15) is 15.9 Å². The lowest BCUT2D eigenvalue weighted by Gasteiger charge is -2.12. The lowest BCUT2D eigenvalue weighted by Crippen LogP contribution is -2.24. The zero-order chi connectivity index (χ0) is 14.8. The van der Waals surface area contributed by atoms with Crippen molar-refractivity contribution in [1.29, 1.82) is 0 Å². The minimum absolute atomic E-state index is 0. The normalized spacial score (nSPS) is 10.4. The molecule has 1 amide bonds. The van der Waals surface area contributed by atoms with Crippen LogP contribution in [-0.2, 0) is 6.18 Å². The Morgan fingerprint density at radius 1 is 1.35 bits per heavy atom. The van der Waals surface area contributed by atoms with Crippen LogP contribution in [-0.4, -0.2) is 19.0 Å². The third-order valence-corrected chi connectivity index (χ3v) is 2.44. The van der Waals surface area contributed by atoms with Gasteiger partial charge in [-0.2, -0.15) is 18.2 Å². The van der Waals surface area contributed by atoms with Gasteiger partial charge < -0.3 is 16.2 Å². The molecule has 0 saturated heterocycles. The molecule has 0 aromatic heterocycles. The third-order valence-electron chi connectivity index (χ3n) is 2.05. The maximum absolute atomic E-state index is 12.6. The zero-order valence-corrected chi connectivity index (χ0v) is 11.6. The average Bonchev–Trinajstić information content (AvgIpc) is 2.26. The highest BCUT2D eigenvalue weighted by molar-refractivity contribution is 6.35. The number of carbonyl (C=O) groups excluding carboxylic acids is 1. The van der Waals surface area contributed by atoms with E-state index in [9.17, 15) is 18.0 Å². The molecule has 0 aliphatic heterocycles. The topological polar surface area (TPSA) is 90.7 Å².